The van der Waals surface area contributed by atoms with E-state index in [1.54, 1.807) is 7.05 Å². The number of benzene rings is 1. The van der Waals surface area contributed by atoms with Crippen molar-refractivity contribution in [3.8, 4) is 0 Å². The molecule has 0 atom stereocenters. The number of hydrogen-bond acceptors (Lipinski definition) is 2. The Morgan fingerprint density at radius 3 is 2.14 bits per heavy atom. The topological polar surface area (TPSA) is 53.0 Å². The summed E-state index contributed by atoms with van der Waals surface area (Å²) in [6.07, 6.45) is 0. The molecular formula is C10H15N3O. The van der Waals surface area contributed by atoms with Crippen LogP contribution in [0.4, 0.5) is 0 Å². The van der Waals surface area contributed by atoms with Gasteiger partial charge in [0.1, 0.15) is 0 Å². The summed E-state index contributed by atoms with van der Waals surface area (Å²) >= 11 is 0. The van der Waals surface area contributed by atoms with E-state index in [1.165, 1.54) is 4.57 Å². The zero-order valence-electron chi connectivity index (χ0n) is 8.69. The van der Waals surface area contributed by atoms with Crippen molar-refractivity contribution in [3.05, 3.63) is 34.7 Å². The van der Waals surface area contributed by atoms with Crippen molar-refractivity contribution >= 4 is 11.0 Å². The number of nitrogens with two attached hydrogens (primary N) is 1. The zero-order valence-corrected chi connectivity index (χ0v) is 8.69. The molecule has 0 aliphatic heterocycles. The average Bonchev–Trinajstić information content (AvgIpc) is 2.48. The minimum absolute atomic E-state index is 0.198. The first-order chi connectivity index (χ1) is 6.72. The van der Waals surface area contributed by atoms with Gasteiger partial charge in [-0.1, -0.05) is 26.0 Å². The van der Waals surface area contributed by atoms with Crippen molar-refractivity contribution < 1.29 is 0 Å². The van der Waals surface area contributed by atoms with Crippen molar-refractivity contribution in [1.82, 2.24) is 9.24 Å². The lowest BCUT2D eigenvalue weighted by Gasteiger charge is -1.90. The van der Waals surface area contributed by atoms with Gasteiger partial charge in [-0.2, -0.15) is 0 Å². The average molecular weight is 193 g/mol. The molecule has 0 bridgehead atoms. The number of aryl methyl sites for hydroxylation is 1. The van der Waals surface area contributed by atoms with Gasteiger partial charge in [-0.25, -0.2) is 9.47 Å². The molecule has 14 heavy (non-hydrogen) atoms. The van der Waals surface area contributed by atoms with Gasteiger partial charge < -0.3 is 5.84 Å². The molecule has 2 aromatic rings. The summed E-state index contributed by atoms with van der Waals surface area (Å²) in [5.41, 5.74) is 1.41. The Morgan fingerprint density at radius 1 is 1.14 bits per heavy atom. The van der Waals surface area contributed by atoms with E-state index in [2.05, 4.69) is 0 Å². The minimum Gasteiger partial charge on any atom is -0.335 e. The molecule has 0 radical (unpaired) electrons. The van der Waals surface area contributed by atoms with Gasteiger partial charge in [-0.05, 0) is 12.1 Å². The molecule has 76 valence electrons. The second-order valence-electron chi connectivity index (χ2n) is 2.70. The molecule has 4 heteroatoms. The number of nitrogens with zero attached hydrogens (tertiary/aromatic N) is 2. The lowest BCUT2D eigenvalue weighted by atomic mass is 10.3. The van der Waals surface area contributed by atoms with Crippen LogP contribution in [0.25, 0.3) is 11.0 Å². The van der Waals surface area contributed by atoms with Crippen molar-refractivity contribution in [1.29, 1.82) is 0 Å². The SMILES string of the molecule is CC.Cn1c(=O)n(N)c2ccccc21. The van der Waals surface area contributed by atoms with Gasteiger partial charge in [0.15, 0.2) is 0 Å². The van der Waals surface area contributed by atoms with Crippen LogP contribution < -0.4 is 11.5 Å². The summed E-state index contributed by atoms with van der Waals surface area (Å²) in [5, 5.41) is 0. The summed E-state index contributed by atoms with van der Waals surface area (Å²) in [6, 6.07) is 7.41. The highest BCUT2D eigenvalue weighted by molar-refractivity contribution is 5.75. The van der Waals surface area contributed by atoms with Gasteiger partial charge in [0.25, 0.3) is 0 Å². The summed E-state index contributed by atoms with van der Waals surface area (Å²) in [5.74, 6) is 5.52. The summed E-state index contributed by atoms with van der Waals surface area (Å²) < 4.78 is 2.67. The van der Waals surface area contributed by atoms with Crippen LogP contribution in [0.5, 0.6) is 0 Å². The summed E-state index contributed by atoms with van der Waals surface area (Å²) in [4.78, 5) is 11.3. The molecule has 0 saturated carbocycles. The van der Waals surface area contributed by atoms with Crippen LogP contribution >= 0.6 is 0 Å². The molecule has 1 aromatic carbocycles. The third kappa shape index (κ3) is 1.39. The molecular weight excluding hydrogens is 178 g/mol. The van der Waals surface area contributed by atoms with E-state index in [0.717, 1.165) is 15.7 Å². The van der Waals surface area contributed by atoms with Gasteiger partial charge in [-0.15, -0.1) is 0 Å². The van der Waals surface area contributed by atoms with Gasteiger partial charge in [0, 0.05) is 7.05 Å². The molecule has 1 aromatic heterocycles. The Morgan fingerprint density at radius 2 is 1.64 bits per heavy atom. The van der Waals surface area contributed by atoms with Crippen LogP contribution in [0.2, 0.25) is 0 Å². The molecule has 2 N–H and O–H groups in total. The first-order valence-electron chi connectivity index (χ1n) is 4.63. The van der Waals surface area contributed by atoms with Crippen molar-refractivity contribution in [2.75, 3.05) is 5.84 Å². The number of aromatic nitrogens is 2. The number of fused-ring (bicyclic) bond motifs is 1. The fourth-order valence-corrected chi connectivity index (χ4v) is 1.32. The van der Waals surface area contributed by atoms with Crippen LogP contribution in [0.3, 0.4) is 0 Å². The predicted molar refractivity (Wildman–Crippen MR) is 58.7 cm³/mol. The highest BCUT2D eigenvalue weighted by Gasteiger charge is 2.05. The second kappa shape index (κ2) is 4.00. The van der Waals surface area contributed by atoms with E-state index >= 15 is 0 Å². The fraction of sp³-hybridized carbons (Fsp3) is 0.300. The number of rotatable bonds is 0. The van der Waals surface area contributed by atoms with Crippen molar-refractivity contribution in [3.63, 3.8) is 0 Å². The van der Waals surface area contributed by atoms with Gasteiger partial charge in [0.2, 0.25) is 0 Å². The first kappa shape index (κ1) is 10.4. The fourth-order valence-electron chi connectivity index (χ4n) is 1.32. The predicted octanol–water partition coefficient (Wildman–Crippen LogP) is 1.08. The second-order valence-corrected chi connectivity index (χ2v) is 2.70. The maximum absolute atomic E-state index is 11.3. The largest absolute Gasteiger partial charge is 0.347 e. The number of para-hydroxylation sites is 2. The molecule has 0 spiro atoms. The lowest BCUT2D eigenvalue weighted by molar-refractivity contribution is 0.827. The van der Waals surface area contributed by atoms with Crippen LogP contribution in [0.1, 0.15) is 13.8 Å². The van der Waals surface area contributed by atoms with E-state index in [-0.39, 0.29) is 5.69 Å². The molecule has 2 rings (SSSR count). The van der Waals surface area contributed by atoms with Gasteiger partial charge in [-0.3, -0.25) is 4.57 Å². The Kier molecular flexibility index (Phi) is 2.96. The van der Waals surface area contributed by atoms with Crippen LogP contribution in [-0.4, -0.2) is 9.24 Å². The molecule has 0 fully saturated rings. The number of imidazole rings is 1. The maximum Gasteiger partial charge on any atom is 0.347 e. The summed E-state index contributed by atoms with van der Waals surface area (Å²) in [7, 11) is 1.70. The van der Waals surface area contributed by atoms with E-state index in [9.17, 15) is 4.79 Å². The third-order valence-electron chi connectivity index (χ3n) is 2.00. The first-order valence-corrected chi connectivity index (χ1v) is 4.63. The minimum atomic E-state index is -0.198. The van der Waals surface area contributed by atoms with E-state index in [1.807, 2.05) is 38.1 Å². The van der Waals surface area contributed by atoms with Crippen molar-refractivity contribution in [2.45, 2.75) is 13.8 Å². The molecule has 0 unspecified atom stereocenters. The third-order valence-corrected chi connectivity index (χ3v) is 2.00. The Hall–Kier alpha value is -1.71. The van der Waals surface area contributed by atoms with E-state index in [4.69, 9.17) is 5.84 Å². The molecule has 0 saturated heterocycles. The smallest absolute Gasteiger partial charge is 0.335 e. The van der Waals surface area contributed by atoms with Crippen LogP contribution in [-0.2, 0) is 7.05 Å². The quantitative estimate of drug-likeness (QED) is 0.636. The number of hydrogen-bond donors (Lipinski definition) is 1. The lowest BCUT2D eigenvalue weighted by Crippen LogP contribution is -2.27. The van der Waals surface area contributed by atoms with Crippen LogP contribution in [0.15, 0.2) is 29.1 Å². The molecule has 0 aliphatic rings. The standard InChI is InChI=1S/C8H9N3O.C2H6/c1-10-6-4-2-3-5-7(6)11(9)8(10)12;1-2/h2-5H,9H2,1H3;1-2H3. The highest BCUT2D eigenvalue weighted by atomic mass is 16.2. The monoisotopic (exact) mass is 193 g/mol. The summed E-state index contributed by atoms with van der Waals surface area (Å²) in [6.45, 7) is 4.00. The maximum atomic E-state index is 11.3. The Balaban J connectivity index is 0.000000461. The highest BCUT2D eigenvalue weighted by Crippen LogP contribution is 2.08. The van der Waals surface area contributed by atoms with E-state index < -0.39 is 0 Å². The van der Waals surface area contributed by atoms with Gasteiger partial charge in [0.05, 0.1) is 11.0 Å². The van der Waals surface area contributed by atoms with E-state index in [0.29, 0.717) is 0 Å². The van der Waals surface area contributed by atoms with Crippen LogP contribution in [0, 0.1) is 0 Å². The molecule has 0 aliphatic carbocycles. The van der Waals surface area contributed by atoms with Crippen molar-refractivity contribution in [2.24, 2.45) is 7.05 Å². The molecule has 4 nitrogen and oxygen atoms in total. The molecule has 1 heterocycles. The Bertz CT molecular complexity index is 440. The number of nitrogen functional groups attached to an aromatic ring is 1. The normalized spacial score (nSPS) is 9.64. The Labute approximate surface area is 82.5 Å². The van der Waals surface area contributed by atoms with Gasteiger partial charge >= 0.3 is 5.69 Å². The molecule has 0 amide bonds. The zero-order chi connectivity index (χ0) is 10.7.